The molecule has 0 aromatic heterocycles. The molecule has 1 aromatic carbocycles. The van der Waals surface area contributed by atoms with Crippen LogP contribution in [-0.4, -0.2) is 19.5 Å². The highest BCUT2D eigenvalue weighted by molar-refractivity contribution is 5.81. The van der Waals surface area contributed by atoms with Gasteiger partial charge in [-0.15, -0.1) is 0 Å². The first-order valence-corrected chi connectivity index (χ1v) is 4.42. The van der Waals surface area contributed by atoms with Crippen molar-refractivity contribution in [3.05, 3.63) is 24.3 Å². The number of rotatable bonds is 5. The molecule has 0 aliphatic heterocycles. The Bertz CT molecular complexity index is 382. The molecule has 0 saturated heterocycles. The van der Waals surface area contributed by atoms with Crippen LogP contribution < -0.4 is 9.47 Å². The third-order valence-corrected chi connectivity index (χ3v) is 1.73. The van der Waals surface area contributed by atoms with Gasteiger partial charge in [-0.1, -0.05) is 12.1 Å². The van der Waals surface area contributed by atoms with Gasteiger partial charge in [-0.3, -0.25) is 4.79 Å². The smallest absolute Gasteiger partial charge is 0.184 e. The maximum atomic E-state index is 11.0. The molecule has 0 amide bonds. The number of Topliss-reactive ketones (excluding diaryl/α,β-unsaturated/α-hetero) is 1. The van der Waals surface area contributed by atoms with E-state index in [9.17, 15) is 4.79 Å². The molecule has 0 radical (unpaired) electrons. The molecule has 0 aliphatic rings. The minimum atomic E-state index is -0.247. The highest BCUT2D eigenvalue weighted by Crippen LogP contribution is 2.25. The molecule has 0 unspecified atom stereocenters. The summed E-state index contributed by atoms with van der Waals surface area (Å²) in [6, 6.07) is 8.81. The average molecular weight is 205 g/mol. The summed E-state index contributed by atoms with van der Waals surface area (Å²) in [4.78, 5) is 11.0. The Labute approximate surface area is 88.0 Å². The zero-order valence-corrected chi connectivity index (χ0v) is 8.40. The lowest BCUT2D eigenvalue weighted by atomic mass is 10.3. The van der Waals surface area contributed by atoms with Gasteiger partial charge in [0.1, 0.15) is 6.61 Å². The van der Waals surface area contributed by atoms with Gasteiger partial charge in [0, 0.05) is 0 Å². The number of para-hydroxylation sites is 2. The van der Waals surface area contributed by atoms with E-state index in [2.05, 4.69) is 0 Å². The molecule has 78 valence electrons. The number of ketones is 1. The van der Waals surface area contributed by atoms with Crippen LogP contribution in [0, 0.1) is 11.3 Å². The van der Waals surface area contributed by atoms with Crippen molar-refractivity contribution >= 4 is 5.78 Å². The molecule has 0 fully saturated rings. The average Bonchev–Trinajstić information content (AvgIpc) is 2.27. The van der Waals surface area contributed by atoms with Gasteiger partial charge in [0.25, 0.3) is 0 Å². The maximum Gasteiger partial charge on any atom is 0.184 e. The van der Waals surface area contributed by atoms with Crippen molar-refractivity contribution in [2.24, 2.45) is 0 Å². The summed E-state index contributed by atoms with van der Waals surface area (Å²) < 4.78 is 10.3. The Morgan fingerprint density at radius 3 is 2.67 bits per heavy atom. The van der Waals surface area contributed by atoms with Crippen molar-refractivity contribution in [3.63, 3.8) is 0 Å². The summed E-state index contributed by atoms with van der Waals surface area (Å²) in [6.07, 6.45) is -0.130. The molecule has 4 heteroatoms. The SMILES string of the molecule is COc1ccccc1OCC(=O)CC#N. The van der Waals surface area contributed by atoms with E-state index in [1.165, 1.54) is 7.11 Å². The molecule has 0 spiro atoms. The third-order valence-electron chi connectivity index (χ3n) is 1.73. The lowest BCUT2D eigenvalue weighted by Crippen LogP contribution is -2.10. The van der Waals surface area contributed by atoms with Crippen LogP contribution >= 0.6 is 0 Å². The van der Waals surface area contributed by atoms with E-state index < -0.39 is 0 Å². The van der Waals surface area contributed by atoms with Crippen LogP contribution in [0.3, 0.4) is 0 Å². The molecule has 0 saturated carbocycles. The van der Waals surface area contributed by atoms with Crippen molar-refractivity contribution in [2.75, 3.05) is 13.7 Å². The fraction of sp³-hybridized carbons (Fsp3) is 0.273. The van der Waals surface area contributed by atoms with Crippen molar-refractivity contribution in [1.29, 1.82) is 5.26 Å². The fourth-order valence-electron chi connectivity index (χ4n) is 1.04. The summed E-state index contributed by atoms with van der Waals surface area (Å²) in [5.41, 5.74) is 0. The topological polar surface area (TPSA) is 59.3 Å². The van der Waals surface area contributed by atoms with E-state index >= 15 is 0 Å². The third kappa shape index (κ3) is 3.31. The number of nitriles is 1. The van der Waals surface area contributed by atoms with Crippen molar-refractivity contribution < 1.29 is 14.3 Å². The Morgan fingerprint density at radius 2 is 2.07 bits per heavy atom. The number of carbonyl (C=O) groups is 1. The van der Waals surface area contributed by atoms with Crippen molar-refractivity contribution in [3.8, 4) is 17.6 Å². The van der Waals surface area contributed by atoms with Gasteiger partial charge in [0.2, 0.25) is 0 Å². The van der Waals surface area contributed by atoms with E-state index in [1.807, 2.05) is 6.07 Å². The zero-order valence-electron chi connectivity index (χ0n) is 8.40. The van der Waals surface area contributed by atoms with Crippen molar-refractivity contribution in [1.82, 2.24) is 0 Å². The van der Waals surface area contributed by atoms with Crippen LogP contribution in [-0.2, 0) is 4.79 Å². The fourth-order valence-corrected chi connectivity index (χ4v) is 1.04. The minimum absolute atomic E-state index is 0.103. The highest BCUT2D eigenvalue weighted by atomic mass is 16.5. The van der Waals surface area contributed by atoms with Crippen LogP contribution in [0.4, 0.5) is 0 Å². The van der Waals surface area contributed by atoms with Crippen LogP contribution in [0.25, 0.3) is 0 Å². The molecule has 0 aliphatic carbocycles. The predicted octanol–water partition coefficient (Wildman–Crippen LogP) is 1.56. The molecule has 0 heterocycles. The quantitative estimate of drug-likeness (QED) is 0.731. The number of nitrogens with zero attached hydrogens (tertiary/aromatic N) is 1. The van der Waals surface area contributed by atoms with Gasteiger partial charge >= 0.3 is 0 Å². The van der Waals surface area contributed by atoms with Gasteiger partial charge in [-0.2, -0.15) is 5.26 Å². The molecule has 0 bridgehead atoms. The monoisotopic (exact) mass is 205 g/mol. The molecule has 1 aromatic rings. The first-order valence-electron chi connectivity index (χ1n) is 4.42. The molecule has 15 heavy (non-hydrogen) atoms. The van der Waals surface area contributed by atoms with Crippen LogP contribution in [0.5, 0.6) is 11.5 Å². The molecular formula is C11H11NO3. The van der Waals surface area contributed by atoms with Crippen LogP contribution in [0.15, 0.2) is 24.3 Å². The highest BCUT2D eigenvalue weighted by Gasteiger charge is 2.05. The number of carbonyl (C=O) groups excluding carboxylic acids is 1. The first-order chi connectivity index (χ1) is 7.27. The summed E-state index contributed by atoms with van der Waals surface area (Å²) >= 11 is 0. The van der Waals surface area contributed by atoms with E-state index in [0.717, 1.165) is 0 Å². The molecule has 1 rings (SSSR count). The van der Waals surface area contributed by atoms with E-state index in [0.29, 0.717) is 11.5 Å². The number of benzene rings is 1. The normalized spacial score (nSPS) is 9.07. The van der Waals surface area contributed by atoms with E-state index in [4.69, 9.17) is 14.7 Å². The summed E-state index contributed by atoms with van der Waals surface area (Å²) in [5.74, 6) is 0.831. The van der Waals surface area contributed by atoms with Gasteiger partial charge in [-0.25, -0.2) is 0 Å². The summed E-state index contributed by atoms with van der Waals surface area (Å²) in [6.45, 7) is -0.103. The van der Waals surface area contributed by atoms with Gasteiger partial charge < -0.3 is 9.47 Å². The minimum Gasteiger partial charge on any atom is -0.493 e. The van der Waals surface area contributed by atoms with Crippen LogP contribution in [0.1, 0.15) is 6.42 Å². The Kier molecular flexibility index (Phi) is 4.17. The lowest BCUT2D eigenvalue weighted by Gasteiger charge is -2.08. The largest absolute Gasteiger partial charge is 0.493 e. The second kappa shape index (κ2) is 5.66. The number of hydrogen-bond acceptors (Lipinski definition) is 4. The summed E-state index contributed by atoms with van der Waals surface area (Å²) in [7, 11) is 1.53. The summed E-state index contributed by atoms with van der Waals surface area (Å²) in [5, 5.41) is 8.28. The first kappa shape index (κ1) is 11.1. The maximum absolute atomic E-state index is 11.0. The molecule has 4 nitrogen and oxygen atoms in total. The van der Waals surface area contributed by atoms with Gasteiger partial charge in [0.15, 0.2) is 17.3 Å². The van der Waals surface area contributed by atoms with E-state index in [1.54, 1.807) is 24.3 Å². The Morgan fingerprint density at radius 1 is 1.40 bits per heavy atom. The number of hydrogen-bond donors (Lipinski definition) is 0. The van der Waals surface area contributed by atoms with Gasteiger partial charge in [-0.05, 0) is 12.1 Å². The zero-order chi connectivity index (χ0) is 11.1. The second-order valence-electron chi connectivity index (χ2n) is 2.81. The van der Waals surface area contributed by atoms with E-state index in [-0.39, 0.29) is 18.8 Å². The van der Waals surface area contributed by atoms with Gasteiger partial charge in [0.05, 0.1) is 19.6 Å². The Hall–Kier alpha value is -2.02. The number of methoxy groups -OCH3 is 1. The molecular weight excluding hydrogens is 194 g/mol. The standard InChI is InChI=1S/C11H11NO3/c1-14-10-4-2-3-5-11(10)15-8-9(13)6-7-12/h2-5H,6,8H2,1H3. The number of ether oxygens (including phenoxy) is 2. The van der Waals surface area contributed by atoms with Crippen molar-refractivity contribution in [2.45, 2.75) is 6.42 Å². The molecule has 0 N–H and O–H groups in total. The Balaban J connectivity index is 2.57. The molecule has 0 atom stereocenters. The lowest BCUT2D eigenvalue weighted by molar-refractivity contribution is -0.120. The van der Waals surface area contributed by atoms with Crippen LogP contribution in [0.2, 0.25) is 0 Å². The predicted molar refractivity (Wildman–Crippen MR) is 53.7 cm³/mol. The second-order valence-corrected chi connectivity index (χ2v) is 2.81.